The van der Waals surface area contributed by atoms with Gasteiger partial charge in [0, 0.05) is 22.3 Å². The minimum absolute atomic E-state index is 0.157. The number of nitrogens with one attached hydrogen (secondary N) is 1. The van der Waals surface area contributed by atoms with E-state index in [0.717, 1.165) is 16.5 Å². The molecule has 0 fully saturated rings. The number of carbonyl (C=O) groups excluding carboxylic acids is 1. The number of hydrogen-bond acceptors (Lipinski definition) is 3. The summed E-state index contributed by atoms with van der Waals surface area (Å²) in [5.41, 5.74) is 1.04. The van der Waals surface area contributed by atoms with Gasteiger partial charge in [-0.3, -0.25) is 9.59 Å². The van der Waals surface area contributed by atoms with Crippen LogP contribution in [0.3, 0.4) is 0 Å². The summed E-state index contributed by atoms with van der Waals surface area (Å²) >= 11 is 3.40. The Labute approximate surface area is 176 Å². The lowest BCUT2D eigenvalue weighted by Gasteiger charge is -2.15. The average Bonchev–Trinajstić information content (AvgIpc) is 2.68. The number of aryl methyl sites for hydroxylation is 2. The van der Waals surface area contributed by atoms with Crippen LogP contribution in [0.4, 0.5) is 4.39 Å². The zero-order chi connectivity index (χ0) is 21.0. The maximum Gasteiger partial charge on any atom is 0.276 e. The fourth-order valence-corrected chi connectivity index (χ4v) is 3.23. The Morgan fingerprint density at radius 2 is 1.90 bits per heavy atom. The third-order valence-electron chi connectivity index (χ3n) is 4.56. The van der Waals surface area contributed by atoms with Gasteiger partial charge in [-0.2, -0.15) is 5.10 Å². The van der Waals surface area contributed by atoms with E-state index < -0.39 is 17.2 Å². The Morgan fingerprint density at radius 3 is 2.59 bits per heavy atom. The third-order valence-corrected chi connectivity index (χ3v) is 5.09. The van der Waals surface area contributed by atoms with Gasteiger partial charge >= 0.3 is 0 Å². The second-order valence-corrected chi connectivity index (χ2v) is 7.82. The first-order valence-electron chi connectivity index (χ1n) is 9.26. The molecule has 1 atom stereocenters. The van der Waals surface area contributed by atoms with Crippen LogP contribution in [0.5, 0.6) is 0 Å². The molecular formula is C22H21BrFN3O2. The van der Waals surface area contributed by atoms with Gasteiger partial charge in [0.05, 0.1) is 0 Å². The highest BCUT2D eigenvalue weighted by Gasteiger charge is 2.18. The quantitative estimate of drug-likeness (QED) is 0.603. The molecular weight excluding hydrogens is 437 g/mol. The summed E-state index contributed by atoms with van der Waals surface area (Å²) < 4.78 is 16.4. The molecule has 0 aliphatic carbocycles. The lowest BCUT2D eigenvalue weighted by atomic mass is 10.1. The van der Waals surface area contributed by atoms with E-state index in [-0.39, 0.29) is 17.4 Å². The van der Waals surface area contributed by atoms with Crippen molar-refractivity contribution in [2.24, 2.45) is 0 Å². The first kappa shape index (κ1) is 20.9. The van der Waals surface area contributed by atoms with Crippen molar-refractivity contribution in [1.82, 2.24) is 15.1 Å². The summed E-state index contributed by atoms with van der Waals surface area (Å²) in [4.78, 5) is 24.9. The van der Waals surface area contributed by atoms with Crippen LogP contribution in [-0.2, 0) is 6.42 Å². The molecule has 29 heavy (non-hydrogen) atoms. The Hall–Kier alpha value is -2.80. The summed E-state index contributed by atoms with van der Waals surface area (Å²) in [5.74, 6) is -1.05. The van der Waals surface area contributed by atoms with Crippen molar-refractivity contribution in [2.45, 2.75) is 32.7 Å². The maximum absolute atomic E-state index is 14.1. The first-order chi connectivity index (χ1) is 13.8. The van der Waals surface area contributed by atoms with Crippen LogP contribution in [-0.4, -0.2) is 21.7 Å². The van der Waals surface area contributed by atoms with Crippen molar-refractivity contribution in [2.75, 3.05) is 0 Å². The fourth-order valence-electron chi connectivity index (χ4n) is 2.97. The van der Waals surface area contributed by atoms with E-state index in [2.05, 4.69) is 26.3 Å². The molecule has 150 valence electrons. The smallest absolute Gasteiger partial charge is 0.276 e. The number of amides is 1. The maximum atomic E-state index is 14.1. The van der Waals surface area contributed by atoms with E-state index in [1.807, 2.05) is 31.2 Å². The summed E-state index contributed by atoms with van der Waals surface area (Å²) in [6.45, 7) is 3.52. The van der Waals surface area contributed by atoms with Crippen molar-refractivity contribution in [3.05, 3.63) is 92.1 Å². The van der Waals surface area contributed by atoms with Crippen LogP contribution in [0.2, 0.25) is 0 Å². The van der Waals surface area contributed by atoms with Gasteiger partial charge in [-0.1, -0.05) is 40.2 Å². The molecule has 0 aliphatic rings. The summed E-state index contributed by atoms with van der Waals surface area (Å²) in [5, 5.41) is 6.94. The average molecular weight is 458 g/mol. The molecule has 1 heterocycles. The SMILES string of the molecule is Cc1cc(=O)c(C(=O)NC(C)CCc2ccc(Br)cc2)nn1-c1ccccc1F. The molecule has 0 bridgehead atoms. The molecule has 1 amide bonds. The number of carbonyl (C=O) groups is 1. The standard InChI is InChI=1S/C22H21BrFN3O2/c1-14(7-8-16-9-11-17(23)12-10-16)25-22(29)21-20(28)13-15(2)27(26-21)19-6-4-3-5-18(19)24/h3-6,9-14H,7-8H2,1-2H3,(H,25,29). The predicted molar refractivity (Wildman–Crippen MR) is 114 cm³/mol. The van der Waals surface area contributed by atoms with Crippen LogP contribution >= 0.6 is 15.9 Å². The topological polar surface area (TPSA) is 64.0 Å². The third kappa shape index (κ3) is 5.17. The highest BCUT2D eigenvalue weighted by molar-refractivity contribution is 9.10. The van der Waals surface area contributed by atoms with Crippen molar-refractivity contribution in [3.63, 3.8) is 0 Å². The number of benzene rings is 2. The van der Waals surface area contributed by atoms with Crippen LogP contribution in [0.25, 0.3) is 5.69 Å². The molecule has 1 aromatic heterocycles. The molecule has 7 heteroatoms. The number of hydrogen-bond donors (Lipinski definition) is 1. The predicted octanol–water partition coefficient (Wildman–Crippen LogP) is 4.19. The lowest BCUT2D eigenvalue weighted by Crippen LogP contribution is -2.37. The monoisotopic (exact) mass is 457 g/mol. The van der Waals surface area contributed by atoms with Gasteiger partial charge in [-0.15, -0.1) is 0 Å². The van der Waals surface area contributed by atoms with E-state index in [1.165, 1.54) is 16.8 Å². The Balaban J connectivity index is 1.75. The fraction of sp³-hybridized carbons (Fsp3) is 0.227. The first-order valence-corrected chi connectivity index (χ1v) is 10.1. The van der Waals surface area contributed by atoms with Gasteiger partial charge in [0.2, 0.25) is 5.43 Å². The lowest BCUT2D eigenvalue weighted by molar-refractivity contribution is 0.0930. The van der Waals surface area contributed by atoms with Crippen molar-refractivity contribution in [1.29, 1.82) is 0 Å². The molecule has 3 rings (SSSR count). The summed E-state index contributed by atoms with van der Waals surface area (Å²) in [6.07, 6.45) is 1.50. The van der Waals surface area contributed by atoms with E-state index >= 15 is 0 Å². The molecule has 2 aromatic carbocycles. The largest absolute Gasteiger partial charge is 0.348 e. The Morgan fingerprint density at radius 1 is 1.21 bits per heavy atom. The highest BCUT2D eigenvalue weighted by Crippen LogP contribution is 2.14. The molecule has 0 saturated heterocycles. The molecule has 0 radical (unpaired) electrons. The molecule has 1 N–H and O–H groups in total. The molecule has 0 saturated carbocycles. The van der Waals surface area contributed by atoms with E-state index in [1.54, 1.807) is 25.1 Å². The van der Waals surface area contributed by atoms with Crippen LogP contribution < -0.4 is 10.7 Å². The van der Waals surface area contributed by atoms with Gasteiger partial charge in [0.25, 0.3) is 5.91 Å². The number of halogens is 2. The minimum atomic E-state index is -0.566. The molecule has 3 aromatic rings. The molecule has 5 nitrogen and oxygen atoms in total. The van der Waals surface area contributed by atoms with E-state index in [4.69, 9.17) is 0 Å². The van der Waals surface area contributed by atoms with Gasteiger partial charge in [-0.05, 0) is 56.5 Å². The van der Waals surface area contributed by atoms with E-state index in [9.17, 15) is 14.0 Å². The molecule has 0 aliphatic heterocycles. The second kappa shape index (κ2) is 9.13. The van der Waals surface area contributed by atoms with Crippen LogP contribution in [0, 0.1) is 12.7 Å². The van der Waals surface area contributed by atoms with Crippen molar-refractivity contribution in [3.8, 4) is 5.69 Å². The van der Waals surface area contributed by atoms with Crippen molar-refractivity contribution >= 4 is 21.8 Å². The minimum Gasteiger partial charge on any atom is -0.348 e. The Kier molecular flexibility index (Phi) is 6.59. The second-order valence-electron chi connectivity index (χ2n) is 6.90. The molecule has 1 unspecified atom stereocenters. The van der Waals surface area contributed by atoms with Gasteiger partial charge in [0.1, 0.15) is 11.5 Å². The summed E-state index contributed by atoms with van der Waals surface area (Å²) in [7, 11) is 0. The zero-order valence-electron chi connectivity index (χ0n) is 16.2. The zero-order valence-corrected chi connectivity index (χ0v) is 17.7. The van der Waals surface area contributed by atoms with Gasteiger partial charge in [-0.25, -0.2) is 9.07 Å². The van der Waals surface area contributed by atoms with Crippen molar-refractivity contribution < 1.29 is 9.18 Å². The number of rotatable bonds is 6. The summed E-state index contributed by atoms with van der Waals surface area (Å²) in [6, 6.07) is 15.2. The van der Waals surface area contributed by atoms with Crippen LogP contribution in [0.15, 0.2) is 63.9 Å². The number of aromatic nitrogens is 2. The Bertz CT molecular complexity index is 1080. The highest BCUT2D eigenvalue weighted by atomic mass is 79.9. The van der Waals surface area contributed by atoms with E-state index in [0.29, 0.717) is 12.1 Å². The van der Waals surface area contributed by atoms with Gasteiger partial charge < -0.3 is 5.32 Å². The normalized spacial score (nSPS) is 11.9. The van der Waals surface area contributed by atoms with Gasteiger partial charge in [0.15, 0.2) is 5.69 Å². The van der Waals surface area contributed by atoms with Crippen LogP contribution in [0.1, 0.15) is 35.1 Å². The molecule has 0 spiro atoms. The number of para-hydroxylation sites is 1. The number of nitrogens with zero attached hydrogens (tertiary/aromatic N) is 2.